The van der Waals surface area contributed by atoms with Crippen molar-refractivity contribution in [3.05, 3.63) is 52.6 Å². The van der Waals surface area contributed by atoms with Crippen LogP contribution in [0.5, 0.6) is 5.75 Å². The van der Waals surface area contributed by atoms with Crippen LogP contribution in [-0.4, -0.2) is 25.3 Å². The van der Waals surface area contributed by atoms with Crippen LogP contribution in [-0.2, 0) is 11.3 Å². The Morgan fingerprint density at radius 1 is 1.31 bits per heavy atom. The summed E-state index contributed by atoms with van der Waals surface area (Å²) in [6.07, 6.45) is 6.72. The molecule has 2 N–H and O–H groups in total. The number of phenols is 1. The number of ether oxygens (including phenoxy) is 1. The Balaban J connectivity index is 2.11. The second kappa shape index (κ2) is 9.94. The first-order chi connectivity index (χ1) is 12.4. The highest BCUT2D eigenvalue weighted by atomic mass is 16.5. The minimum absolute atomic E-state index is 0.220. The molecule has 1 aliphatic carbocycles. The van der Waals surface area contributed by atoms with E-state index >= 15 is 0 Å². The topological polar surface area (TPSA) is 41.5 Å². The molecule has 26 heavy (non-hydrogen) atoms. The predicted molar refractivity (Wildman–Crippen MR) is 110 cm³/mol. The minimum Gasteiger partial charge on any atom is -0.508 e. The van der Waals surface area contributed by atoms with Gasteiger partial charge in [-0.2, -0.15) is 0 Å². The molecule has 0 amide bonds. The minimum atomic E-state index is 0.220. The molecule has 0 fully saturated rings. The first-order valence-electron chi connectivity index (χ1n) is 9.81. The molecular formula is C23H35NO2. The van der Waals surface area contributed by atoms with Gasteiger partial charge in [0.05, 0.1) is 6.61 Å². The molecule has 1 aromatic carbocycles. The summed E-state index contributed by atoms with van der Waals surface area (Å²) in [6, 6.07) is 4.04. The molecule has 0 aliphatic heterocycles. The van der Waals surface area contributed by atoms with Gasteiger partial charge in [0, 0.05) is 18.1 Å². The number of allylic oxidation sites excluding steroid dienone is 3. The SMILES string of the molecule is C=C(C)[C@@H]1CCC(C)=C[C@H]1c1c(C)cc(COCCCCNC)cc1O. The third-order valence-corrected chi connectivity index (χ3v) is 5.37. The summed E-state index contributed by atoms with van der Waals surface area (Å²) in [7, 11) is 1.97. The van der Waals surface area contributed by atoms with Crippen LogP contribution in [0, 0.1) is 12.8 Å². The number of aryl methyl sites for hydroxylation is 1. The van der Waals surface area contributed by atoms with Crippen LogP contribution in [0.1, 0.15) is 62.1 Å². The van der Waals surface area contributed by atoms with Crippen molar-refractivity contribution in [1.82, 2.24) is 5.32 Å². The second-order valence-corrected chi connectivity index (χ2v) is 7.74. The molecule has 144 valence electrons. The molecule has 2 rings (SSSR count). The molecular weight excluding hydrogens is 322 g/mol. The van der Waals surface area contributed by atoms with E-state index in [1.807, 2.05) is 13.1 Å². The van der Waals surface area contributed by atoms with Crippen molar-refractivity contribution in [3.63, 3.8) is 0 Å². The number of hydrogen-bond donors (Lipinski definition) is 2. The Bertz CT molecular complexity index is 625. The van der Waals surface area contributed by atoms with Gasteiger partial charge in [0.15, 0.2) is 0 Å². The summed E-state index contributed by atoms with van der Waals surface area (Å²) in [5, 5.41) is 13.9. The number of benzene rings is 1. The molecule has 1 aromatic rings. The molecule has 0 radical (unpaired) electrons. The first kappa shape index (κ1) is 20.7. The average Bonchev–Trinajstić information content (AvgIpc) is 2.57. The highest BCUT2D eigenvalue weighted by molar-refractivity contribution is 5.48. The van der Waals surface area contributed by atoms with E-state index in [9.17, 15) is 5.11 Å². The van der Waals surface area contributed by atoms with Gasteiger partial charge >= 0.3 is 0 Å². The molecule has 0 heterocycles. The fraction of sp³-hybridized carbons (Fsp3) is 0.565. The molecule has 0 spiro atoms. The van der Waals surface area contributed by atoms with Gasteiger partial charge in [0.2, 0.25) is 0 Å². The largest absolute Gasteiger partial charge is 0.508 e. The zero-order valence-electron chi connectivity index (χ0n) is 16.9. The van der Waals surface area contributed by atoms with Crippen LogP contribution in [0.4, 0.5) is 0 Å². The number of phenolic OH excluding ortho intramolecular Hbond substituents is 1. The van der Waals surface area contributed by atoms with Crippen molar-refractivity contribution < 1.29 is 9.84 Å². The monoisotopic (exact) mass is 357 g/mol. The highest BCUT2D eigenvalue weighted by Gasteiger charge is 2.28. The second-order valence-electron chi connectivity index (χ2n) is 7.74. The van der Waals surface area contributed by atoms with Crippen molar-refractivity contribution in [3.8, 4) is 5.75 Å². The molecule has 0 bridgehead atoms. The number of rotatable bonds is 9. The standard InChI is InChI=1S/C23H35NO2/c1-16(2)20-9-8-17(3)12-21(20)23-18(4)13-19(14-22(23)25)15-26-11-7-6-10-24-5/h12-14,20-21,24-25H,1,6-11,15H2,2-5H3/t20-,21+/m0/s1. The number of aromatic hydroxyl groups is 1. The fourth-order valence-corrected chi connectivity index (χ4v) is 3.97. The van der Waals surface area contributed by atoms with Crippen LogP contribution in [0.3, 0.4) is 0 Å². The molecule has 3 heteroatoms. The summed E-state index contributed by atoms with van der Waals surface area (Å²) in [6.45, 7) is 12.9. The first-order valence-corrected chi connectivity index (χ1v) is 9.81. The number of unbranched alkanes of at least 4 members (excludes halogenated alkanes) is 1. The maximum atomic E-state index is 10.8. The lowest BCUT2D eigenvalue weighted by Crippen LogP contribution is -2.18. The normalized spacial score (nSPS) is 20.1. The van der Waals surface area contributed by atoms with Crippen molar-refractivity contribution in [1.29, 1.82) is 0 Å². The van der Waals surface area contributed by atoms with Crippen LogP contribution in [0.2, 0.25) is 0 Å². The van der Waals surface area contributed by atoms with Crippen molar-refractivity contribution in [2.45, 2.75) is 59.0 Å². The van der Waals surface area contributed by atoms with Gasteiger partial charge in [-0.3, -0.25) is 0 Å². The van der Waals surface area contributed by atoms with Gasteiger partial charge in [-0.1, -0.05) is 29.9 Å². The van der Waals surface area contributed by atoms with E-state index in [2.05, 4.69) is 44.8 Å². The summed E-state index contributed by atoms with van der Waals surface area (Å²) < 4.78 is 5.77. The lowest BCUT2D eigenvalue weighted by molar-refractivity contribution is 0.117. The van der Waals surface area contributed by atoms with Crippen LogP contribution >= 0.6 is 0 Å². The van der Waals surface area contributed by atoms with Gasteiger partial charge in [-0.05, 0) is 83.2 Å². The summed E-state index contributed by atoms with van der Waals surface area (Å²) in [5.41, 5.74) is 5.84. The quantitative estimate of drug-likeness (QED) is 0.469. The molecule has 0 saturated heterocycles. The zero-order chi connectivity index (χ0) is 19.1. The van der Waals surface area contributed by atoms with Gasteiger partial charge in [-0.25, -0.2) is 0 Å². The van der Waals surface area contributed by atoms with E-state index in [1.165, 1.54) is 11.1 Å². The predicted octanol–water partition coefficient (Wildman–Crippen LogP) is 5.23. The zero-order valence-corrected chi connectivity index (χ0v) is 16.9. The van der Waals surface area contributed by atoms with E-state index in [1.54, 1.807) is 0 Å². The van der Waals surface area contributed by atoms with Gasteiger partial charge in [0.25, 0.3) is 0 Å². The van der Waals surface area contributed by atoms with E-state index < -0.39 is 0 Å². The van der Waals surface area contributed by atoms with E-state index in [-0.39, 0.29) is 5.92 Å². The summed E-state index contributed by atoms with van der Waals surface area (Å²) in [5.74, 6) is 1.01. The number of hydrogen-bond acceptors (Lipinski definition) is 3. The smallest absolute Gasteiger partial charge is 0.120 e. The van der Waals surface area contributed by atoms with Gasteiger partial charge in [0.1, 0.15) is 5.75 Å². The Kier molecular flexibility index (Phi) is 7.92. The lowest BCUT2D eigenvalue weighted by atomic mass is 9.73. The Morgan fingerprint density at radius 2 is 2.08 bits per heavy atom. The highest BCUT2D eigenvalue weighted by Crippen LogP contribution is 2.44. The maximum Gasteiger partial charge on any atom is 0.120 e. The molecule has 0 saturated carbocycles. The summed E-state index contributed by atoms with van der Waals surface area (Å²) in [4.78, 5) is 0. The Labute approximate surface area is 159 Å². The van der Waals surface area contributed by atoms with E-state index in [0.717, 1.165) is 55.5 Å². The molecule has 0 aromatic heterocycles. The fourth-order valence-electron chi connectivity index (χ4n) is 3.97. The summed E-state index contributed by atoms with van der Waals surface area (Å²) >= 11 is 0. The van der Waals surface area contributed by atoms with Crippen LogP contribution in [0.15, 0.2) is 35.9 Å². The van der Waals surface area contributed by atoms with E-state index in [0.29, 0.717) is 18.3 Å². The number of nitrogens with one attached hydrogen (secondary N) is 1. The molecule has 3 nitrogen and oxygen atoms in total. The van der Waals surface area contributed by atoms with Crippen molar-refractivity contribution in [2.24, 2.45) is 5.92 Å². The lowest BCUT2D eigenvalue weighted by Gasteiger charge is -2.32. The molecule has 1 aliphatic rings. The third kappa shape index (κ3) is 5.46. The Morgan fingerprint density at radius 3 is 2.73 bits per heavy atom. The van der Waals surface area contributed by atoms with Crippen LogP contribution in [0.25, 0.3) is 0 Å². The molecule has 2 atom stereocenters. The average molecular weight is 358 g/mol. The van der Waals surface area contributed by atoms with Crippen LogP contribution < -0.4 is 5.32 Å². The van der Waals surface area contributed by atoms with Crippen molar-refractivity contribution in [2.75, 3.05) is 20.2 Å². The Hall–Kier alpha value is -1.58. The van der Waals surface area contributed by atoms with Gasteiger partial charge < -0.3 is 15.2 Å². The third-order valence-electron chi connectivity index (χ3n) is 5.37. The molecule has 0 unspecified atom stereocenters. The maximum absolute atomic E-state index is 10.8. The van der Waals surface area contributed by atoms with Gasteiger partial charge in [-0.15, -0.1) is 0 Å². The van der Waals surface area contributed by atoms with E-state index in [4.69, 9.17) is 4.74 Å². The van der Waals surface area contributed by atoms with Crippen molar-refractivity contribution >= 4 is 0 Å².